The Bertz CT molecular complexity index is 480. The highest BCUT2D eigenvalue weighted by Crippen LogP contribution is 2.23. The molecule has 0 amide bonds. The lowest BCUT2D eigenvalue weighted by Crippen LogP contribution is -2.41. The summed E-state index contributed by atoms with van der Waals surface area (Å²) < 4.78 is 28.2. The highest BCUT2D eigenvalue weighted by Gasteiger charge is 2.30. The van der Waals surface area contributed by atoms with Crippen LogP contribution in [0.25, 0.3) is 0 Å². The number of hydrogen-bond acceptors (Lipinski definition) is 3. The van der Waals surface area contributed by atoms with Gasteiger partial charge in [0, 0.05) is 18.3 Å². The number of anilines is 2. The van der Waals surface area contributed by atoms with Gasteiger partial charge in [-0.2, -0.15) is 13.1 Å². The Balaban J connectivity index is 2.22. The van der Waals surface area contributed by atoms with Crippen molar-refractivity contribution in [3.8, 4) is 0 Å². The lowest BCUT2D eigenvalue weighted by molar-refractivity contribution is 0.576. The Hall–Kier alpha value is -1.27. The van der Waals surface area contributed by atoms with Gasteiger partial charge in [0.1, 0.15) is 0 Å². The standard InChI is InChI=1S/C11H17N3O2S/c1-2-14(11-7-3-9(12)4-8-11)17(15,16)13-10-5-6-10/h3-4,7-8,10,13H,2,5-6,12H2,1H3. The largest absolute Gasteiger partial charge is 0.399 e. The quantitative estimate of drug-likeness (QED) is 0.773. The van der Waals surface area contributed by atoms with E-state index in [0.717, 1.165) is 12.8 Å². The average molecular weight is 255 g/mol. The number of rotatable bonds is 5. The zero-order valence-corrected chi connectivity index (χ0v) is 10.6. The van der Waals surface area contributed by atoms with Crippen LogP contribution in [0.5, 0.6) is 0 Å². The van der Waals surface area contributed by atoms with E-state index in [1.165, 1.54) is 4.31 Å². The summed E-state index contributed by atoms with van der Waals surface area (Å²) in [7, 11) is -3.43. The molecule has 1 aliphatic rings. The van der Waals surface area contributed by atoms with E-state index in [1.807, 2.05) is 6.92 Å². The predicted octanol–water partition coefficient (Wildman–Crippen LogP) is 1.09. The fourth-order valence-electron chi connectivity index (χ4n) is 1.61. The van der Waals surface area contributed by atoms with E-state index in [2.05, 4.69) is 4.72 Å². The molecule has 2 rings (SSSR count). The first kappa shape index (κ1) is 12.2. The third-order valence-corrected chi connectivity index (χ3v) is 4.33. The fraction of sp³-hybridized carbons (Fsp3) is 0.455. The van der Waals surface area contributed by atoms with Gasteiger partial charge in [-0.3, -0.25) is 4.31 Å². The molecule has 0 spiro atoms. The monoisotopic (exact) mass is 255 g/mol. The maximum Gasteiger partial charge on any atom is 0.301 e. The zero-order chi connectivity index (χ0) is 12.5. The van der Waals surface area contributed by atoms with Crippen molar-refractivity contribution in [1.29, 1.82) is 0 Å². The molecule has 0 bridgehead atoms. The summed E-state index contributed by atoms with van der Waals surface area (Å²) in [6.07, 6.45) is 1.86. The highest BCUT2D eigenvalue weighted by atomic mass is 32.2. The number of nitrogens with zero attached hydrogens (tertiary/aromatic N) is 1. The van der Waals surface area contributed by atoms with E-state index in [0.29, 0.717) is 17.9 Å². The molecule has 1 aromatic carbocycles. The number of nitrogen functional groups attached to an aromatic ring is 1. The normalized spacial score (nSPS) is 15.8. The van der Waals surface area contributed by atoms with Gasteiger partial charge in [-0.05, 0) is 44.0 Å². The maximum atomic E-state index is 12.1. The molecule has 5 nitrogen and oxygen atoms in total. The predicted molar refractivity (Wildman–Crippen MR) is 69.0 cm³/mol. The Morgan fingerprint density at radius 3 is 2.41 bits per heavy atom. The van der Waals surface area contributed by atoms with Crippen LogP contribution in [0.15, 0.2) is 24.3 Å². The molecule has 6 heteroatoms. The second-order valence-corrected chi connectivity index (χ2v) is 5.78. The highest BCUT2D eigenvalue weighted by molar-refractivity contribution is 7.90. The van der Waals surface area contributed by atoms with Crippen molar-refractivity contribution >= 4 is 21.6 Å². The summed E-state index contributed by atoms with van der Waals surface area (Å²) in [5.74, 6) is 0. The molecule has 1 fully saturated rings. The molecule has 17 heavy (non-hydrogen) atoms. The van der Waals surface area contributed by atoms with Gasteiger partial charge < -0.3 is 5.73 Å². The number of nitrogens with two attached hydrogens (primary N) is 1. The van der Waals surface area contributed by atoms with Crippen molar-refractivity contribution < 1.29 is 8.42 Å². The molecule has 1 aromatic rings. The minimum absolute atomic E-state index is 0.114. The third kappa shape index (κ3) is 2.89. The van der Waals surface area contributed by atoms with Crippen LogP contribution in [-0.4, -0.2) is 21.0 Å². The molecular weight excluding hydrogens is 238 g/mol. The van der Waals surface area contributed by atoms with Gasteiger partial charge in [-0.15, -0.1) is 0 Å². The lowest BCUT2D eigenvalue weighted by Gasteiger charge is -2.23. The number of hydrogen-bond donors (Lipinski definition) is 2. The van der Waals surface area contributed by atoms with Gasteiger partial charge >= 0.3 is 10.2 Å². The van der Waals surface area contributed by atoms with E-state index in [9.17, 15) is 8.42 Å². The van der Waals surface area contributed by atoms with Gasteiger partial charge in [0.2, 0.25) is 0 Å². The first-order chi connectivity index (χ1) is 8.03. The van der Waals surface area contributed by atoms with Crippen LogP contribution in [0.3, 0.4) is 0 Å². The topological polar surface area (TPSA) is 75.4 Å². The number of nitrogens with one attached hydrogen (secondary N) is 1. The Labute approximate surface area is 102 Å². The van der Waals surface area contributed by atoms with E-state index in [-0.39, 0.29) is 6.04 Å². The number of benzene rings is 1. The minimum atomic E-state index is -3.43. The van der Waals surface area contributed by atoms with Crippen molar-refractivity contribution in [2.75, 3.05) is 16.6 Å². The van der Waals surface area contributed by atoms with Gasteiger partial charge in [-0.25, -0.2) is 0 Å². The molecule has 0 heterocycles. The van der Waals surface area contributed by atoms with Gasteiger partial charge in [0.25, 0.3) is 0 Å². The van der Waals surface area contributed by atoms with Crippen LogP contribution in [0, 0.1) is 0 Å². The first-order valence-electron chi connectivity index (χ1n) is 5.68. The van der Waals surface area contributed by atoms with E-state index in [4.69, 9.17) is 5.73 Å². The van der Waals surface area contributed by atoms with Crippen molar-refractivity contribution in [3.05, 3.63) is 24.3 Å². The summed E-state index contributed by atoms with van der Waals surface area (Å²) >= 11 is 0. The van der Waals surface area contributed by atoms with Crippen LogP contribution in [-0.2, 0) is 10.2 Å². The van der Waals surface area contributed by atoms with Crippen LogP contribution in [0.1, 0.15) is 19.8 Å². The molecule has 0 aliphatic heterocycles. The van der Waals surface area contributed by atoms with Crippen molar-refractivity contribution in [2.45, 2.75) is 25.8 Å². The smallest absolute Gasteiger partial charge is 0.301 e. The SMILES string of the molecule is CCN(c1ccc(N)cc1)S(=O)(=O)NC1CC1. The van der Waals surface area contributed by atoms with Crippen molar-refractivity contribution in [2.24, 2.45) is 0 Å². The Kier molecular flexibility index (Phi) is 3.26. The van der Waals surface area contributed by atoms with Gasteiger partial charge in [0.15, 0.2) is 0 Å². The summed E-state index contributed by atoms with van der Waals surface area (Å²) in [5, 5.41) is 0. The Morgan fingerprint density at radius 1 is 1.35 bits per heavy atom. The Morgan fingerprint density at radius 2 is 1.94 bits per heavy atom. The summed E-state index contributed by atoms with van der Waals surface area (Å²) in [6.45, 7) is 2.20. The lowest BCUT2D eigenvalue weighted by atomic mass is 10.3. The van der Waals surface area contributed by atoms with Crippen LogP contribution in [0.4, 0.5) is 11.4 Å². The van der Waals surface area contributed by atoms with E-state index >= 15 is 0 Å². The molecular formula is C11H17N3O2S. The van der Waals surface area contributed by atoms with Gasteiger partial charge in [0.05, 0.1) is 5.69 Å². The van der Waals surface area contributed by atoms with E-state index in [1.54, 1.807) is 24.3 Å². The average Bonchev–Trinajstić information content (AvgIpc) is 3.04. The molecule has 1 aliphatic carbocycles. The molecule has 1 saturated carbocycles. The third-order valence-electron chi connectivity index (χ3n) is 2.65. The summed E-state index contributed by atoms with van der Waals surface area (Å²) in [4.78, 5) is 0. The zero-order valence-electron chi connectivity index (χ0n) is 9.76. The molecule has 0 unspecified atom stereocenters. The summed E-state index contributed by atoms with van der Waals surface area (Å²) in [6, 6.07) is 6.94. The van der Waals surface area contributed by atoms with Crippen molar-refractivity contribution in [3.63, 3.8) is 0 Å². The van der Waals surface area contributed by atoms with Crippen molar-refractivity contribution in [1.82, 2.24) is 4.72 Å². The molecule has 0 radical (unpaired) electrons. The molecule has 0 saturated heterocycles. The fourth-order valence-corrected chi connectivity index (χ4v) is 3.13. The molecule has 3 N–H and O–H groups in total. The molecule has 0 atom stereocenters. The van der Waals surface area contributed by atoms with E-state index < -0.39 is 10.2 Å². The van der Waals surface area contributed by atoms with Gasteiger partial charge in [-0.1, -0.05) is 0 Å². The minimum Gasteiger partial charge on any atom is -0.399 e. The van der Waals surface area contributed by atoms with Crippen LogP contribution < -0.4 is 14.8 Å². The van der Waals surface area contributed by atoms with Crippen LogP contribution in [0.2, 0.25) is 0 Å². The second-order valence-electron chi connectivity index (χ2n) is 4.15. The molecule has 0 aromatic heterocycles. The second kappa shape index (κ2) is 4.54. The molecule has 94 valence electrons. The maximum absolute atomic E-state index is 12.1. The first-order valence-corrected chi connectivity index (χ1v) is 7.12. The van der Waals surface area contributed by atoms with Crippen LogP contribution >= 0.6 is 0 Å². The summed E-state index contributed by atoms with van der Waals surface area (Å²) in [5.41, 5.74) is 6.84.